The quantitative estimate of drug-likeness (QED) is 0.593. The fraction of sp³-hybridized carbons (Fsp3) is 0.500. The molecule has 4 heteroatoms. The number of unbranched alkanes of at least 4 members (excludes halogenated alkanes) is 1. The number of carbonyl (C=O) groups is 1. The monoisotopic (exact) mass is 222 g/mol. The smallest absolute Gasteiger partial charge is 0.339 e. The Morgan fingerprint density at radius 3 is 2.81 bits per heavy atom. The van der Waals surface area contributed by atoms with Gasteiger partial charge >= 0.3 is 5.97 Å². The molecule has 0 fully saturated rings. The summed E-state index contributed by atoms with van der Waals surface area (Å²) in [6.07, 6.45) is 3.79. The maximum Gasteiger partial charge on any atom is 0.339 e. The van der Waals surface area contributed by atoms with Crippen molar-refractivity contribution >= 4 is 11.8 Å². The largest absolute Gasteiger partial charge is 0.462 e. The minimum absolute atomic E-state index is 0.324. The molecule has 1 aromatic heterocycles. The zero-order chi connectivity index (χ0) is 11.8. The van der Waals surface area contributed by atoms with Crippen molar-refractivity contribution in [3.63, 3.8) is 0 Å². The summed E-state index contributed by atoms with van der Waals surface area (Å²) >= 11 is 0. The summed E-state index contributed by atoms with van der Waals surface area (Å²) in [4.78, 5) is 15.5. The summed E-state index contributed by atoms with van der Waals surface area (Å²) in [5.74, 6) is 0.469. The highest BCUT2D eigenvalue weighted by atomic mass is 16.5. The average Bonchev–Trinajstić information content (AvgIpc) is 2.30. The van der Waals surface area contributed by atoms with Gasteiger partial charge in [0.1, 0.15) is 5.82 Å². The molecular weight excluding hydrogens is 204 g/mol. The maximum absolute atomic E-state index is 11.3. The number of pyridine rings is 1. The zero-order valence-electron chi connectivity index (χ0n) is 9.82. The molecule has 0 unspecified atom stereocenters. The molecule has 1 rings (SSSR count). The van der Waals surface area contributed by atoms with Crippen LogP contribution in [0.15, 0.2) is 18.3 Å². The Morgan fingerprint density at radius 2 is 2.25 bits per heavy atom. The Kier molecular flexibility index (Phi) is 5.32. The van der Waals surface area contributed by atoms with Gasteiger partial charge in [-0.05, 0) is 25.5 Å². The second-order valence-corrected chi connectivity index (χ2v) is 3.43. The summed E-state index contributed by atoms with van der Waals surface area (Å²) in [5, 5.41) is 3.18. The van der Waals surface area contributed by atoms with Crippen LogP contribution in [0.25, 0.3) is 0 Å². The molecule has 0 radical (unpaired) electrons. The first kappa shape index (κ1) is 12.5. The SMILES string of the molecule is CCCCNc1ccc(C(=O)OCC)cn1. The van der Waals surface area contributed by atoms with Crippen LogP contribution in [-0.2, 0) is 4.74 Å². The van der Waals surface area contributed by atoms with E-state index in [4.69, 9.17) is 4.74 Å². The van der Waals surface area contributed by atoms with Crippen LogP contribution in [-0.4, -0.2) is 24.1 Å². The second-order valence-electron chi connectivity index (χ2n) is 3.43. The lowest BCUT2D eigenvalue weighted by atomic mass is 10.3. The molecule has 4 nitrogen and oxygen atoms in total. The standard InChI is InChI=1S/C12H18N2O2/c1-3-5-8-13-11-7-6-10(9-14-11)12(15)16-4-2/h6-7,9H,3-5,8H2,1-2H3,(H,13,14). The number of hydrogen-bond donors (Lipinski definition) is 1. The van der Waals surface area contributed by atoms with Gasteiger partial charge in [-0.2, -0.15) is 0 Å². The molecule has 1 N–H and O–H groups in total. The Bertz CT molecular complexity index is 322. The Labute approximate surface area is 96.0 Å². The Morgan fingerprint density at radius 1 is 1.44 bits per heavy atom. The first-order chi connectivity index (χ1) is 7.77. The number of aromatic nitrogens is 1. The summed E-state index contributed by atoms with van der Waals surface area (Å²) in [5.41, 5.74) is 0.489. The predicted molar refractivity (Wildman–Crippen MR) is 63.6 cm³/mol. The minimum atomic E-state index is -0.324. The minimum Gasteiger partial charge on any atom is -0.462 e. The van der Waals surface area contributed by atoms with Gasteiger partial charge in [-0.3, -0.25) is 0 Å². The van der Waals surface area contributed by atoms with Crippen molar-refractivity contribution in [3.05, 3.63) is 23.9 Å². The molecule has 88 valence electrons. The number of nitrogens with zero attached hydrogens (tertiary/aromatic N) is 1. The van der Waals surface area contributed by atoms with E-state index in [1.165, 1.54) is 6.20 Å². The van der Waals surface area contributed by atoms with Gasteiger partial charge in [-0.15, -0.1) is 0 Å². The number of nitrogens with one attached hydrogen (secondary N) is 1. The van der Waals surface area contributed by atoms with Gasteiger partial charge in [0.05, 0.1) is 12.2 Å². The van der Waals surface area contributed by atoms with Crippen LogP contribution in [0.5, 0.6) is 0 Å². The number of carbonyl (C=O) groups excluding carboxylic acids is 1. The number of ether oxygens (including phenoxy) is 1. The molecule has 1 aromatic rings. The van der Waals surface area contributed by atoms with Crippen LogP contribution in [0.1, 0.15) is 37.0 Å². The Balaban J connectivity index is 2.50. The van der Waals surface area contributed by atoms with Gasteiger partial charge in [-0.1, -0.05) is 13.3 Å². The average molecular weight is 222 g/mol. The molecule has 0 spiro atoms. The molecule has 0 saturated carbocycles. The molecule has 0 aliphatic rings. The first-order valence-corrected chi connectivity index (χ1v) is 5.65. The molecule has 0 saturated heterocycles. The fourth-order valence-corrected chi connectivity index (χ4v) is 1.23. The van der Waals surface area contributed by atoms with Crippen LogP contribution in [0.4, 0.5) is 5.82 Å². The second kappa shape index (κ2) is 6.82. The van der Waals surface area contributed by atoms with Gasteiger partial charge in [-0.25, -0.2) is 9.78 Å². The third kappa shape index (κ3) is 3.88. The molecule has 0 bridgehead atoms. The molecule has 0 atom stereocenters. The van der Waals surface area contributed by atoms with E-state index in [2.05, 4.69) is 17.2 Å². The van der Waals surface area contributed by atoms with Crippen LogP contribution in [0.2, 0.25) is 0 Å². The van der Waals surface area contributed by atoms with E-state index in [0.29, 0.717) is 12.2 Å². The zero-order valence-corrected chi connectivity index (χ0v) is 9.82. The highest BCUT2D eigenvalue weighted by molar-refractivity contribution is 5.89. The highest BCUT2D eigenvalue weighted by Gasteiger charge is 2.05. The Hall–Kier alpha value is -1.58. The van der Waals surface area contributed by atoms with Crippen molar-refractivity contribution in [1.82, 2.24) is 4.98 Å². The highest BCUT2D eigenvalue weighted by Crippen LogP contribution is 2.06. The normalized spacial score (nSPS) is 9.88. The molecule has 1 heterocycles. The van der Waals surface area contributed by atoms with Crippen molar-refractivity contribution in [2.75, 3.05) is 18.5 Å². The predicted octanol–water partition coefficient (Wildman–Crippen LogP) is 2.47. The van der Waals surface area contributed by atoms with E-state index >= 15 is 0 Å². The van der Waals surface area contributed by atoms with Crippen LogP contribution >= 0.6 is 0 Å². The van der Waals surface area contributed by atoms with Crippen molar-refractivity contribution in [3.8, 4) is 0 Å². The summed E-state index contributed by atoms with van der Waals surface area (Å²) in [7, 11) is 0. The summed E-state index contributed by atoms with van der Waals surface area (Å²) < 4.78 is 4.87. The van der Waals surface area contributed by atoms with Crippen LogP contribution in [0.3, 0.4) is 0 Å². The molecule has 0 aliphatic heterocycles. The number of esters is 1. The van der Waals surface area contributed by atoms with E-state index in [-0.39, 0.29) is 5.97 Å². The van der Waals surface area contributed by atoms with Gasteiger partial charge < -0.3 is 10.1 Å². The van der Waals surface area contributed by atoms with E-state index in [1.807, 2.05) is 0 Å². The molecule has 0 aliphatic carbocycles. The number of rotatable bonds is 6. The van der Waals surface area contributed by atoms with E-state index in [9.17, 15) is 4.79 Å². The van der Waals surface area contributed by atoms with Crippen molar-refractivity contribution in [2.45, 2.75) is 26.7 Å². The molecule has 16 heavy (non-hydrogen) atoms. The van der Waals surface area contributed by atoms with Gasteiger partial charge in [0.15, 0.2) is 0 Å². The van der Waals surface area contributed by atoms with E-state index < -0.39 is 0 Å². The lowest BCUT2D eigenvalue weighted by Crippen LogP contribution is -2.07. The topological polar surface area (TPSA) is 51.2 Å². The molecule has 0 aromatic carbocycles. The summed E-state index contributed by atoms with van der Waals surface area (Å²) in [6.45, 7) is 5.21. The fourth-order valence-electron chi connectivity index (χ4n) is 1.23. The molecular formula is C12H18N2O2. The van der Waals surface area contributed by atoms with Crippen molar-refractivity contribution in [1.29, 1.82) is 0 Å². The van der Waals surface area contributed by atoms with Crippen LogP contribution < -0.4 is 5.32 Å². The van der Waals surface area contributed by atoms with Gasteiger partial charge in [0.25, 0.3) is 0 Å². The lowest BCUT2D eigenvalue weighted by molar-refractivity contribution is 0.0526. The van der Waals surface area contributed by atoms with E-state index in [1.54, 1.807) is 19.1 Å². The molecule has 0 amide bonds. The summed E-state index contributed by atoms with van der Waals surface area (Å²) in [6, 6.07) is 3.52. The number of anilines is 1. The van der Waals surface area contributed by atoms with Crippen molar-refractivity contribution in [2.24, 2.45) is 0 Å². The van der Waals surface area contributed by atoms with Crippen molar-refractivity contribution < 1.29 is 9.53 Å². The third-order valence-corrected chi connectivity index (χ3v) is 2.11. The number of hydrogen-bond acceptors (Lipinski definition) is 4. The first-order valence-electron chi connectivity index (χ1n) is 5.65. The van der Waals surface area contributed by atoms with Gasteiger partial charge in [0.2, 0.25) is 0 Å². The van der Waals surface area contributed by atoms with E-state index in [0.717, 1.165) is 25.2 Å². The lowest BCUT2D eigenvalue weighted by Gasteiger charge is -2.05. The third-order valence-electron chi connectivity index (χ3n) is 2.11. The van der Waals surface area contributed by atoms with Gasteiger partial charge in [0, 0.05) is 12.7 Å². The maximum atomic E-state index is 11.3. The van der Waals surface area contributed by atoms with Crippen LogP contribution in [0, 0.1) is 0 Å².